The summed E-state index contributed by atoms with van der Waals surface area (Å²) >= 11 is 1.57. The number of hydrogen-bond donors (Lipinski definition) is 1. The van der Waals surface area contributed by atoms with Crippen molar-refractivity contribution >= 4 is 17.2 Å². The minimum Gasteiger partial charge on any atom is -0.396 e. The molecule has 1 aliphatic rings. The molecule has 1 aromatic rings. The first kappa shape index (κ1) is 15.4. The number of carbonyl (C=O) groups excluding carboxylic acids is 1. The molecule has 1 amide bonds. The van der Waals surface area contributed by atoms with Gasteiger partial charge in [-0.1, -0.05) is 20.3 Å². The predicted molar refractivity (Wildman–Crippen MR) is 80.8 cm³/mol. The Morgan fingerprint density at radius 1 is 1.55 bits per heavy atom. The van der Waals surface area contributed by atoms with Crippen LogP contribution in [0.1, 0.15) is 43.8 Å². The van der Waals surface area contributed by atoms with Crippen LogP contribution in [0, 0.1) is 5.41 Å². The summed E-state index contributed by atoms with van der Waals surface area (Å²) in [5.41, 5.74) is 0.997. The average molecular weight is 296 g/mol. The molecule has 2 heterocycles. The van der Waals surface area contributed by atoms with Crippen molar-refractivity contribution in [2.75, 3.05) is 19.7 Å². The summed E-state index contributed by atoms with van der Waals surface area (Å²) in [6.45, 7) is 5.85. The molecule has 5 heteroatoms. The van der Waals surface area contributed by atoms with E-state index in [1.165, 1.54) is 0 Å². The lowest BCUT2D eigenvalue weighted by Gasteiger charge is -2.26. The van der Waals surface area contributed by atoms with E-state index in [0.29, 0.717) is 13.0 Å². The van der Waals surface area contributed by atoms with Crippen LogP contribution in [-0.2, 0) is 17.6 Å². The Morgan fingerprint density at radius 2 is 2.35 bits per heavy atom. The fourth-order valence-corrected chi connectivity index (χ4v) is 3.79. The van der Waals surface area contributed by atoms with Gasteiger partial charge in [-0.2, -0.15) is 0 Å². The predicted octanol–water partition coefficient (Wildman–Crippen LogP) is 2.26. The molecule has 1 unspecified atom stereocenters. The standard InChI is InChI=1S/C15H24N2O2S/c1-3-5-15(11-18)6-7-17(10-15)14(19)8-13-16-12(4-2)9-20-13/h9,18H,3-8,10-11H2,1-2H3. The molecule has 0 radical (unpaired) electrons. The minimum absolute atomic E-state index is 0.0676. The van der Waals surface area contributed by atoms with Gasteiger partial charge in [-0.05, 0) is 19.3 Å². The number of carbonyl (C=O) groups is 1. The number of aliphatic hydroxyl groups is 1. The SMILES string of the molecule is CCCC1(CO)CCN(C(=O)Cc2nc(CC)cs2)C1. The summed E-state index contributed by atoms with van der Waals surface area (Å²) in [6.07, 6.45) is 4.28. The zero-order valence-electron chi connectivity index (χ0n) is 12.4. The molecule has 0 bridgehead atoms. The maximum atomic E-state index is 12.3. The van der Waals surface area contributed by atoms with E-state index in [1.807, 2.05) is 10.3 Å². The van der Waals surface area contributed by atoms with E-state index in [-0.39, 0.29) is 17.9 Å². The second kappa shape index (κ2) is 6.68. The van der Waals surface area contributed by atoms with Crippen molar-refractivity contribution in [3.63, 3.8) is 0 Å². The average Bonchev–Trinajstić information content (AvgIpc) is 3.06. The van der Waals surface area contributed by atoms with Crippen LogP contribution in [0.15, 0.2) is 5.38 Å². The molecule has 1 aliphatic heterocycles. The molecule has 1 aromatic heterocycles. The van der Waals surface area contributed by atoms with E-state index in [9.17, 15) is 9.90 Å². The van der Waals surface area contributed by atoms with Gasteiger partial charge in [0.1, 0.15) is 5.01 Å². The Balaban J connectivity index is 1.94. The van der Waals surface area contributed by atoms with Crippen LogP contribution < -0.4 is 0 Å². The number of hydrogen-bond acceptors (Lipinski definition) is 4. The van der Waals surface area contributed by atoms with Crippen molar-refractivity contribution < 1.29 is 9.90 Å². The molecule has 2 rings (SSSR count). The third kappa shape index (κ3) is 3.38. The summed E-state index contributed by atoms with van der Waals surface area (Å²) in [5, 5.41) is 12.6. The monoisotopic (exact) mass is 296 g/mol. The van der Waals surface area contributed by atoms with Crippen molar-refractivity contribution in [1.29, 1.82) is 0 Å². The first-order chi connectivity index (χ1) is 9.62. The Labute approximate surface area is 124 Å². The third-order valence-electron chi connectivity index (χ3n) is 4.17. The Morgan fingerprint density at radius 3 is 2.95 bits per heavy atom. The fourth-order valence-electron chi connectivity index (χ4n) is 2.92. The smallest absolute Gasteiger partial charge is 0.229 e. The Hall–Kier alpha value is -0.940. The van der Waals surface area contributed by atoms with E-state index < -0.39 is 0 Å². The summed E-state index contributed by atoms with van der Waals surface area (Å²) in [5.74, 6) is 0.147. The largest absolute Gasteiger partial charge is 0.396 e. The quantitative estimate of drug-likeness (QED) is 0.876. The molecule has 0 aromatic carbocycles. The van der Waals surface area contributed by atoms with Gasteiger partial charge in [-0.25, -0.2) is 4.98 Å². The van der Waals surface area contributed by atoms with Crippen molar-refractivity contribution in [3.8, 4) is 0 Å². The third-order valence-corrected chi connectivity index (χ3v) is 5.07. The van der Waals surface area contributed by atoms with Crippen LogP contribution in [0.3, 0.4) is 0 Å². The van der Waals surface area contributed by atoms with Crippen molar-refractivity contribution in [2.45, 2.75) is 46.0 Å². The van der Waals surface area contributed by atoms with Gasteiger partial charge in [0.05, 0.1) is 18.7 Å². The van der Waals surface area contributed by atoms with E-state index >= 15 is 0 Å². The van der Waals surface area contributed by atoms with Crippen molar-refractivity contribution in [3.05, 3.63) is 16.1 Å². The summed E-state index contributed by atoms with van der Waals surface area (Å²) < 4.78 is 0. The van der Waals surface area contributed by atoms with Gasteiger partial charge in [0.25, 0.3) is 0 Å². The number of aryl methyl sites for hydroxylation is 1. The number of likely N-dealkylation sites (tertiary alicyclic amines) is 1. The molecule has 0 saturated carbocycles. The second-order valence-electron chi connectivity index (χ2n) is 5.74. The molecule has 1 N–H and O–H groups in total. The maximum absolute atomic E-state index is 12.3. The molecule has 1 atom stereocenters. The molecule has 0 aliphatic carbocycles. The normalized spacial score (nSPS) is 22.4. The highest BCUT2D eigenvalue weighted by Crippen LogP contribution is 2.34. The lowest BCUT2D eigenvalue weighted by molar-refractivity contribution is -0.130. The van der Waals surface area contributed by atoms with Crippen LogP contribution in [0.4, 0.5) is 0 Å². The van der Waals surface area contributed by atoms with E-state index in [2.05, 4.69) is 18.8 Å². The van der Waals surface area contributed by atoms with Crippen LogP contribution in [-0.4, -0.2) is 40.6 Å². The van der Waals surface area contributed by atoms with Gasteiger partial charge in [0.15, 0.2) is 0 Å². The second-order valence-corrected chi connectivity index (χ2v) is 6.68. The molecular formula is C15H24N2O2S. The summed E-state index contributed by atoms with van der Waals surface area (Å²) in [4.78, 5) is 18.7. The molecule has 112 valence electrons. The van der Waals surface area contributed by atoms with Gasteiger partial charge in [0, 0.05) is 23.9 Å². The highest BCUT2D eigenvalue weighted by atomic mass is 32.1. The zero-order chi connectivity index (χ0) is 14.6. The molecular weight excluding hydrogens is 272 g/mol. The van der Waals surface area contributed by atoms with E-state index in [0.717, 1.165) is 42.9 Å². The maximum Gasteiger partial charge on any atom is 0.229 e. The summed E-state index contributed by atoms with van der Waals surface area (Å²) in [7, 11) is 0. The number of thiazole rings is 1. The number of rotatable bonds is 6. The summed E-state index contributed by atoms with van der Waals surface area (Å²) in [6, 6.07) is 0. The van der Waals surface area contributed by atoms with Crippen LogP contribution >= 0.6 is 11.3 Å². The lowest BCUT2D eigenvalue weighted by Crippen LogP contribution is -2.34. The first-order valence-corrected chi connectivity index (χ1v) is 8.32. The highest BCUT2D eigenvalue weighted by molar-refractivity contribution is 7.09. The number of amides is 1. The van der Waals surface area contributed by atoms with Gasteiger partial charge in [-0.15, -0.1) is 11.3 Å². The lowest BCUT2D eigenvalue weighted by atomic mass is 9.83. The van der Waals surface area contributed by atoms with Gasteiger partial charge < -0.3 is 10.0 Å². The number of aromatic nitrogens is 1. The Kier molecular flexibility index (Phi) is 5.16. The fraction of sp³-hybridized carbons (Fsp3) is 0.733. The van der Waals surface area contributed by atoms with E-state index in [1.54, 1.807) is 11.3 Å². The van der Waals surface area contributed by atoms with Crippen LogP contribution in [0.2, 0.25) is 0 Å². The van der Waals surface area contributed by atoms with Gasteiger partial charge >= 0.3 is 0 Å². The van der Waals surface area contributed by atoms with Crippen molar-refractivity contribution in [2.24, 2.45) is 5.41 Å². The topological polar surface area (TPSA) is 53.4 Å². The molecule has 1 saturated heterocycles. The Bertz CT molecular complexity index is 460. The molecule has 0 spiro atoms. The first-order valence-electron chi connectivity index (χ1n) is 7.44. The van der Waals surface area contributed by atoms with Gasteiger partial charge in [0.2, 0.25) is 5.91 Å². The van der Waals surface area contributed by atoms with E-state index in [4.69, 9.17) is 0 Å². The van der Waals surface area contributed by atoms with Crippen LogP contribution in [0.5, 0.6) is 0 Å². The zero-order valence-corrected chi connectivity index (χ0v) is 13.2. The molecule has 1 fully saturated rings. The molecule has 4 nitrogen and oxygen atoms in total. The van der Waals surface area contributed by atoms with Crippen LogP contribution in [0.25, 0.3) is 0 Å². The number of aliphatic hydroxyl groups excluding tert-OH is 1. The molecule has 20 heavy (non-hydrogen) atoms. The van der Waals surface area contributed by atoms with Gasteiger partial charge in [-0.3, -0.25) is 4.79 Å². The minimum atomic E-state index is -0.0676. The highest BCUT2D eigenvalue weighted by Gasteiger charge is 2.38. The van der Waals surface area contributed by atoms with Crippen molar-refractivity contribution in [1.82, 2.24) is 9.88 Å². The number of nitrogens with zero attached hydrogens (tertiary/aromatic N) is 2.